The number of halogens is 4. The normalized spacial score (nSPS) is 12.9. The number of hydrogen-bond acceptors (Lipinski definition) is 6. The molecule has 2 aromatic carbocycles. The van der Waals surface area contributed by atoms with Crippen LogP contribution in [0.1, 0.15) is 65.9 Å². The van der Waals surface area contributed by atoms with E-state index in [1.807, 2.05) is 24.3 Å². The van der Waals surface area contributed by atoms with Crippen molar-refractivity contribution in [3.8, 4) is 17.2 Å². The molecule has 0 aromatic heterocycles. The summed E-state index contributed by atoms with van der Waals surface area (Å²) in [6.07, 6.45) is 3.83. The van der Waals surface area contributed by atoms with E-state index in [0.29, 0.717) is 18.0 Å². The van der Waals surface area contributed by atoms with Crippen LogP contribution in [-0.4, -0.2) is 35.4 Å². The van der Waals surface area contributed by atoms with Gasteiger partial charge in [-0.25, -0.2) is 4.79 Å². The minimum atomic E-state index is -1.08. The van der Waals surface area contributed by atoms with E-state index in [0.717, 1.165) is 51.3 Å². The maximum atomic E-state index is 12.4. The van der Waals surface area contributed by atoms with Gasteiger partial charge in [-0.05, 0) is 146 Å². The molecule has 0 saturated heterocycles. The Hall–Kier alpha value is -0.470. The van der Waals surface area contributed by atoms with E-state index in [2.05, 4.69) is 108 Å². The van der Waals surface area contributed by atoms with Crippen LogP contribution in [0.25, 0.3) is 0 Å². The molecular formula is C29H36I4N2O6. The van der Waals surface area contributed by atoms with Crippen molar-refractivity contribution in [3.05, 3.63) is 44.1 Å². The number of carboxylic acid groups (broad SMARTS) is 1. The van der Waals surface area contributed by atoms with Crippen LogP contribution in [0.2, 0.25) is 0 Å². The molecule has 2 aromatic rings. The molecule has 2 atom stereocenters. The monoisotopic (exact) mass is 1020 g/mol. The molecule has 8 nitrogen and oxygen atoms in total. The van der Waals surface area contributed by atoms with Crippen molar-refractivity contribution in [1.82, 2.24) is 10.8 Å². The zero-order chi connectivity index (χ0) is 30.9. The predicted octanol–water partition coefficient (Wildman–Crippen LogP) is 7.72. The van der Waals surface area contributed by atoms with Gasteiger partial charge >= 0.3 is 5.97 Å². The summed E-state index contributed by atoms with van der Waals surface area (Å²) in [4.78, 5) is 41.6. The summed E-state index contributed by atoms with van der Waals surface area (Å²) in [6, 6.07) is 6.54. The largest absolute Gasteiger partial charge is 0.480 e. The van der Waals surface area contributed by atoms with Crippen LogP contribution < -0.4 is 20.4 Å². The number of ketones is 1. The second-order valence-corrected chi connectivity index (χ2v) is 15.4. The van der Waals surface area contributed by atoms with Crippen LogP contribution in [0.3, 0.4) is 0 Å². The van der Waals surface area contributed by atoms with Crippen LogP contribution in [0, 0.1) is 25.6 Å². The highest BCUT2D eigenvalue weighted by molar-refractivity contribution is 14.1. The number of amides is 1. The lowest BCUT2D eigenvalue weighted by Crippen LogP contribution is -2.46. The number of benzene rings is 2. The molecule has 12 heteroatoms. The molecule has 1 amide bonds. The Morgan fingerprint density at radius 2 is 1.49 bits per heavy atom. The molecule has 0 saturated carbocycles. The van der Waals surface area contributed by atoms with E-state index in [1.54, 1.807) is 27.7 Å². The zero-order valence-corrected chi connectivity index (χ0v) is 32.3. The van der Waals surface area contributed by atoms with Gasteiger partial charge in [0.2, 0.25) is 5.91 Å². The number of carboxylic acids is 1. The summed E-state index contributed by atoms with van der Waals surface area (Å²) in [5.74, 6) is 1.08. The summed E-state index contributed by atoms with van der Waals surface area (Å²) in [5, 5.41) is 12.3. The third-order valence-electron chi connectivity index (χ3n) is 6.30. The lowest BCUT2D eigenvalue weighted by Gasteiger charge is -2.22. The van der Waals surface area contributed by atoms with Crippen molar-refractivity contribution in [2.24, 2.45) is 11.3 Å². The molecule has 0 radical (unpaired) electrons. The molecule has 0 spiro atoms. The van der Waals surface area contributed by atoms with Gasteiger partial charge in [0.05, 0.1) is 14.3 Å². The number of nitrogens with one attached hydrogen (secondary N) is 2. The van der Waals surface area contributed by atoms with Crippen LogP contribution in [0.15, 0.2) is 24.3 Å². The fraction of sp³-hybridized carbons (Fsp3) is 0.483. The standard InChI is InChI=1S/C29H36I4N2O6/c1-6-18(16(2)36)9-7-8-10-34-41-26-22(32)14-19(15-23(26)33)40-25-20(30)11-17(12-21(25)31)13-24(27(37)38)35-28(39)29(3,4)5/h11-12,14-15,18,24,34H,6-10,13H2,1-5H3,(H,35,39)(H,37,38). The van der Waals surface area contributed by atoms with Gasteiger partial charge in [0.15, 0.2) is 11.5 Å². The quantitative estimate of drug-likeness (QED) is 0.0952. The second kappa shape index (κ2) is 17.1. The molecular weight excluding hydrogens is 980 g/mol. The first-order valence-corrected chi connectivity index (χ1v) is 17.5. The molecule has 0 aliphatic carbocycles. The summed E-state index contributed by atoms with van der Waals surface area (Å²) in [5.41, 5.74) is 3.14. The fourth-order valence-corrected chi connectivity index (χ4v) is 7.90. The molecule has 0 bridgehead atoms. The molecule has 3 N–H and O–H groups in total. The Balaban J connectivity index is 2.04. The average molecular weight is 1020 g/mol. The number of aliphatic carboxylic acids is 1. The van der Waals surface area contributed by atoms with Gasteiger partial charge in [-0.1, -0.05) is 34.1 Å². The predicted molar refractivity (Wildman–Crippen MR) is 193 cm³/mol. The Bertz CT molecular complexity index is 1200. The summed E-state index contributed by atoms with van der Waals surface area (Å²) in [7, 11) is 0. The van der Waals surface area contributed by atoms with Gasteiger partial charge in [0.1, 0.15) is 17.6 Å². The number of Topliss-reactive ketones (excluding diaryl/α,β-unsaturated/α-hetero) is 1. The maximum Gasteiger partial charge on any atom is 0.326 e. The topological polar surface area (TPSA) is 114 Å². The molecule has 0 heterocycles. The van der Waals surface area contributed by atoms with Crippen LogP contribution in [0.5, 0.6) is 17.2 Å². The second-order valence-electron chi connectivity index (χ2n) is 10.7. The van der Waals surface area contributed by atoms with E-state index in [-0.39, 0.29) is 24.0 Å². The summed E-state index contributed by atoms with van der Waals surface area (Å²) < 4.78 is 9.71. The molecule has 0 aliphatic heterocycles. The van der Waals surface area contributed by atoms with Crippen LogP contribution in [0.4, 0.5) is 0 Å². The van der Waals surface area contributed by atoms with Crippen molar-refractivity contribution < 1.29 is 29.1 Å². The number of carbonyl (C=O) groups is 3. The van der Waals surface area contributed by atoms with E-state index in [4.69, 9.17) is 9.57 Å². The molecule has 2 rings (SSSR count). The van der Waals surface area contributed by atoms with Gasteiger partial charge in [-0.15, -0.1) is 0 Å². The first kappa shape index (κ1) is 36.7. The summed E-state index contributed by atoms with van der Waals surface area (Å²) in [6.45, 7) is 9.65. The lowest BCUT2D eigenvalue weighted by atomic mass is 9.94. The molecule has 0 fully saturated rings. The number of carbonyl (C=O) groups excluding carboxylic acids is 2. The molecule has 2 unspecified atom stereocenters. The number of hydroxylamine groups is 1. The first-order chi connectivity index (χ1) is 19.1. The van der Waals surface area contributed by atoms with Crippen molar-refractivity contribution >= 4 is 108 Å². The zero-order valence-electron chi connectivity index (χ0n) is 23.7. The van der Waals surface area contributed by atoms with Crippen molar-refractivity contribution in [2.75, 3.05) is 6.54 Å². The number of hydrogen-bond donors (Lipinski definition) is 3. The van der Waals surface area contributed by atoms with Crippen molar-refractivity contribution in [1.29, 1.82) is 0 Å². The van der Waals surface area contributed by atoms with Crippen LogP contribution >= 0.6 is 90.4 Å². The highest BCUT2D eigenvalue weighted by Gasteiger charge is 2.28. The Kier molecular flexibility index (Phi) is 15.3. The first-order valence-electron chi connectivity index (χ1n) is 13.2. The fourth-order valence-electron chi connectivity index (χ4n) is 3.86. The Labute approximate surface area is 296 Å². The number of rotatable bonds is 15. The maximum absolute atomic E-state index is 12.4. The molecule has 41 heavy (non-hydrogen) atoms. The lowest BCUT2D eigenvalue weighted by molar-refractivity contribution is -0.143. The Morgan fingerprint density at radius 1 is 0.927 bits per heavy atom. The van der Waals surface area contributed by atoms with E-state index < -0.39 is 17.4 Å². The smallest absolute Gasteiger partial charge is 0.326 e. The third kappa shape index (κ3) is 11.9. The van der Waals surface area contributed by atoms with Crippen molar-refractivity contribution in [2.45, 2.75) is 72.8 Å². The van der Waals surface area contributed by atoms with E-state index >= 15 is 0 Å². The average Bonchev–Trinajstić information content (AvgIpc) is 2.85. The third-order valence-corrected chi connectivity index (χ3v) is 9.50. The van der Waals surface area contributed by atoms with Gasteiger partial charge < -0.3 is 20.0 Å². The van der Waals surface area contributed by atoms with Gasteiger partial charge in [0.25, 0.3) is 0 Å². The van der Waals surface area contributed by atoms with Gasteiger partial charge in [-0.3, -0.25) is 9.59 Å². The Morgan fingerprint density at radius 3 is 1.98 bits per heavy atom. The van der Waals surface area contributed by atoms with Crippen molar-refractivity contribution in [3.63, 3.8) is 0 Å². The SMILES string of the molecule is CCC(CCCCNOc1c(I)cc(Oc2c(I)cc(CC(NC(=O)C(C)(C)C)C(=O)O)cc2I)cc1I)C(C)=O. The number of unbranched alkanes of at least 4 members (excludes halogenated alkanes) is 1. The number of ether oxygens (including phenoxy) is 1. The van der Waals surface area contributed by atoms with Gasteiger partial charge in [-0.2, -0.15) is 5.48 Å². The minimum absolute atomic E-state index is 0.149. The summed E-state index contributed by atoms with van der Waals surface area (Å²) >= 11 is 8.80. The highest BCUT2D eigenvalue weighted by atomic mass is 127. The molecule has 226 valence electrons. The minimum Gasteiger partial charge on any atom is -0.480 e. The van der Waals surface area contributed by atoms with Crippen LogP contribution in [-0.2, 0) is 20.8 Å². The van der Waals surface area contributed by atoms with Gasteiger partial charge in [0, 0.05) is 24.3 Å². The van der Waals surface area contributed by atoms with E-state index in [9.17, 15) is 19.5 Å². The molecule has 0 aliphatic rings. The highest BCUT2D eigenvalue weighted by Crippen LogP contribution is 2.37. The van der Waals surface area contributed by atoms with E-state index in [1.165, 1.54) is 0 Å².